The molecule has 0 aromatic heterocycles. The molecule has 6 nitrogen and oxygen atoms in total. The summed E-state index contributed by atoms with van der Waals surface area (Å²) in [7, 11) is 3.45. The van der Waals surface area contributed by atoms with Gasteiger partial charge in [-0.3, -0.25) is 9.59 Å². The van der Waals surface area contributed by atoms with Gasteiger partial charge in [0.05, 0.1) is 0 Å². The third kappa shape index (κ3) is 6.52. The van der Waals surface area contributed by atoms with E-state index in [2.05, 4.69) is 4.90 Å². The van der Waals surface area contributed by atoms with Gasteiger partial charge in [-0.15, -0.1) is 0 Å². The highest BCUT2D eigenvalue weighted by Crippen LogP contribution is 2.43. The van der Waals surface area contributed by atoms with E-state index in [-0.39, 0.29) is 29.0 Å². The second kappa shape index (κ2) is 12.2. The van der Waals surface area contributed by atoms with E-state index >= 15 is 0 Å². The molecule has 2 heterocycles. The van der Waals surface area contributed by atoms with Gasteiger partial charge in [-0.1, -0.05) is 23.2 Å². The van der Waals surface area contributed by atoms with Crippen LogP contribution in [0.25, 0.3) is 0 Å². The van der Waals surface area contributed by atoms with Crippen LogP contribution < -0.4 is 4.90 Å². The minimum atomic E-state index is -5.24. The van der Waals surface area contributed by atoms with Gasteiger partial charge in [-0.05, 0) is 86.4 Å². The van der Waals surface area contributed by atoms with E-state index in [1.54, 1.807) is 19.0 Å². The first kappa shape index (κ1) is 30.5. The SMILES string of the molecule is CN(C)C(=O)c1ccc(N2CCC(CC3CCN(C(=O)C(O)(c4cc(Cl)cc(Cl)c4)C(F)(F)F)CC3)CC2)cc1. The molecule has 40 heavy (non-hydrogen) atoms. The summed E-state index contributed by atoms with van der Waals surface area (Å²) in [5.74, 6) is -0.631. The van der Waals surface area contributed by atoms with Gasteiger partial charge in [0.1, 0.15) is 0 Å². The molecule has 2 fully saturated rings. The van der Waals surface area contributed by atoms with E-state index in [1.165, 1.54) is 6.07 Å². The molecule has 0 saturated carbocycles. The Morgan fingerprint density at radius 2 is 1.40 bits per heavy atom. The van der Waals surface area contributed by atoms with Crippen molar-refractivity contribution in [1.82, 2.24) is 9.80 Å². The van der Waals surface area contributed by atoms with E-state index in [1.807, 2.05) is 24.3 Å². The van der Waals surface area contributed by atoms with Gasteiger partial charge in [-0.2, -0.15) is 13.2 Å². The van der Waals surface area contributed by atoms with Crippen molar-refractivity contribution in [2.45, 2.75) is 43.9 Å². The number of hydrogen-bond acceptors (Lipinski definition) is 4. The summed E-state index contributed by atoms with van der Waals surface area (Å²) < 4.78 is 42.2. The molecule has 2 aliphatic heterocycles. The molecule has 11 heteroatoms. The highest BCUT2D eigenvalue weighted by atomic mass is 35.5. The number of benzene rings is 2. The molecular formula is C29H34Cl2F3N3O3. The largest absolute Gasteiger partial charge is 0.430 e. The van der Waals surface area contributed by atoms with Crippen LogP contribution in [0.4, 0.5) is 18.9 Å². The number of hydrogen-bond donors (Lipinski definition) is 1. The monoisotopic (exact) mass is 599 g/mol. The smallest absolute Gasteiger partial charge is 0.372 e. The topological polar surface area (TPSA) is 64.1 Å². The molecule has 0 radical (unpaired) electrons. The van der Waals surface area contributed by atoms with Crippen LogP contribution in [0.2, 0.25) is 10.0 Å². The van der Waals surface area contributed by atoms with Gasteiger partial charge < -0.3 is 19.8 Å². The number of carbonyl (C=O) groups excluding carboxylic acids is 2. The van der Waals surface area contributed by atoms with E-state index in [0.29, 0.717) is 30.2 Å². The molecule has 2 aliphatic rings. The number of rotatable bonds is 6. The molecule has 0 spiro atoms. The lowest BCUT2D eigenvalue weighted by Gasteiger charge is -2.40. The van der Waals surface area contributed by atoms with Gasteiger partial charge >= 0.3 is 6.18 Å². The first-order valence-electron chi connectivity index (χ1n) is 13.4. The maximum absolute atomic E-state index is 14.1. The third-order valence-corrected chi connectivity index (χ3v) is 8.51. The number of anilines is 1. The van der Waals surface area contributed by atoms with Gasteiger partial charge in [0, 0.05) is 67.1 Å². The Morgan fingerprint density at radius 1 is 0.900 bits per heavy atom. The molecule has 0 bridgehead atoms. The molecule has 2 aromatic carbocycles. The number of aliphatic hydroxyl groups is 1. The summed E-state index contributed by atoms with van der Waals surface area (Å²) in [6.07, 6.45) is -1.12. The summed E-state index contributed by atoms with van der Waals surface area (Å²) in [4.78, 5) is 30.2. The summed E-state index contributed by atoms with van der Waals surface area (Å²) in [6.45, 7) is 2.08. The minimum Gasteiger partial charge on any atom is -0.372 e. The average Bonchev–Trinajstić information content (AvgIpc) is 2.91. The lowest BCUT2D eigenvalue weighted by atomic mass is 9.82. The second-order valence-corrected chi connectivity index (χ2v) is 11.9. The number of piperidine rings is 2. The molecule has 1 atom stereocenters. The first-order valence-corrected chi connectivity index (χ1v) is 14.2. The highest BCUT2D eigenvalue weighted by molar-refractivity contribution is 6.34. The average molecular weight is 601 g/mol. The molecular weight excluding hydrogens is 566 g/mol. The van der Waals surface area contributed by atoms with Crippen LogP contribution in [-0.4, -0.2) is 73.2 Å². The zero-order valence-electron chi connectivity index (χ0n) is 22.6. The number of amides is 2. The van der Waals surface area contributed by atoms with Gasteiger partial charge in [0.2, 0.25) is 0 Å². The van der Waals surface area contributed by atoms with E-state index in [9.17, 15) is 27.9 Å². The molecule has 1 N–H and O–H groups in total. The zero-order chi connectivity index (χ0) is 29.2. The normalized spacial score (nSPS) is 18.9. The van der Waals surface area contributed by atoms with Gasteiger partial charge in [0.25, 0.3) is 17.4 Å². The van der Waals surface area contributed by atoms with Crippen molar-refractivity contribution in [3.05, 3.63) is 63.6 Å². The standard InChI is InChI=1S/C29H34Cl2F3N3O3/c1-35(2)26(38)21-3-5-25(6-4-21)36-11-7-19(8-12-36)15-20-9-13-37(14-10-20)27(39)28(40,29(32,33)34)22-16-23(30)18-24(31)17-22/h3-6,16-20,40H,7-15H2,1-2H3. The van der Waals surface area contributed by atoms with Crippen LogP contribution in [0.5, 0.6) is 0 Å². The number of likely N-dealkylation sites (tertiary alicyclic amines) is 1. The van der Waals surface area contributed by atoms with Gasteiger partial charge in [-0.25, -0.2) is 0 Å². The number of nitrogens with zero attached hydrogens (tertiary/aromatic N) is 3. The van der Waals surface area contributed by atoms with Crippen molar-refractivity contribution in [1.29, 1.82) is 0 Å². The lowest BCUT2D eigenvalue weighted by Crippen LogP contribution is -2.57. The van der Waals surface area contributed by atoms with Crippen LogP contribution in [0.1, 0.15) is 48.0 Å². The summed E-state index contributed by atoms with van der Waals surface area (Å²) in [5, 5.41) is 10.5. The fourth-order valence-electron chi connectivity index (χ4n) is 5.74. The summed E-state index contributed by atoms with van der Waals surface area (Å²) in [5.41, 5.74) is -2.67. The highest BCUT2D eigenvalue weighted by Gasteiger charge is 2.62. The quantitative estimate of drug-likeness (QED) is 0.443. The Labute approximate surface area is 242 Å². The van der Waals surface area contributed by atoms with E-state index < -0.39 is 23.2 Å². The molecule has 4 rings (SSSR count). The maximum atomic E-state index is 14.1. The molecule has 218 valence electrons. The Balaban J connectivity index is 1.30. The predicted octanol–water partition coefficient (Wildman–Crippen LogP) is 5.99. The Morgan fingerprint density at radius 3 is 1.88 bits per heavy atom. The first-order chi connectivity index (χ1) is 18.8. The second-order valence-electron chi connectivity index (χ2n) is 11.0. The fourth-order valence-corrected chi connectivity index (χ4v) is 6.27. The Bertz CT molecular complexity index is 1190. The van der Waals surface area contributed by atoms with Crippen molar-refractivity contribution in [3.8, 4) is 0 Å². The number of carbonyl (C=O) groups is 2. The van der Waals surface area contributed by atoms with Crippen LogP contribution in [0.15, 0.2) is 42.5 Å². The molecule has 2 aromatic rings. The van der Waals surface area contributed by atoms with Crippen molar-refractivity contribution in [2.24, 2.45) is 11.8 Å². The van der Waals surface area contributed by atoms with Crippen molar-refractivity contribution >= 4 is 40.7 Å². The van der Waals surface area contributed by atoms with Crippen molar-refractivity contribution < 1.29 is 27.9 Å². The van der Waals surface area contributed by atoms with Crippen molar-refractivity contribution in [3.63, 3.8) is 0 Å². The summed E-state index contributed by atoms with van der Waals surface area (Å²) in [6, 6.07) is 10.7. The van der Waals surface area contributed by atoms with Gasteiger partial charge in [0.15, 0.2) is 0 Å². The Kier molecular flexibility index (Phi) is 9.27. The molecule has 2 amide bonds. The Hall–Kier alpha value is -2.49. The van der Waals surface area contributed by atoms with Crippen LogP contribution >= 0.6 is 23.2 Å². The lowest BCUT2D eigenvalue weighted by molar-refractivity contribution is -0.262. The van der Waals surface area contributed by atoms with Crippen LogP contribution in [0, 0.1) is 11.8 Å². The zero-order valence-corrected chi connectivity index (χ0v) is 24.1. The van der Waals surface area contributed by atoms with Crippen molar-refractivity contribution in [2.75, 3.05) is 45.2 Å². The number of alkyl halides is 3. The van der Waals surface area contributed by atoms with E-state index in [4.69, 9.17) is 23.2 Å². The predicted molar refractivity (Wildman–Crippen MR) is 150 cm³/mol. The molecule has 0 aliphatic carbocycles. The third-order valence-electron chi connectivity index (χ3n) is 8.07. The van der Waals surface area contributed by atoms with Crippen LogP contribution in [-0.2, 0) is 10.4 Å². The number of halogens is 5. The maximum Gasteiger partial charge on any atom is 0.430 e. The van der Waals surface area contributed by atoms with Crippen LogP contribution in [0.3, 0.4) is 0 Å². The summed E-state index contributed by atoms with van der Waals surface area (Å²) >= 11 is 11.8. The fraction of sp³-hybridized carbons (Fsp3) is 0.517. The van der Waals surface area contributed by atoms with E-state index in [0.717, 1.165) is 55.1 Å². The molecule has 1 unspecified atom stereocenters. The molecule has 2 saturated heterocycles. The minimum absolute atomic E-state index is 0.0325.